The third kappa shape index (κ3) is 3.65. The first-order valence-corrected chi connectivity index (χ1v) is 5.70. The molecule has 0 bridgehead atoms. The molecule has 2 nitrogen and oxygen atoms in total. The van der Waals surface area contributed by atoms with Crippen molar-refractivity contribution in [3.63, 3.8) is 0 Å². The molecule has 0 aliphatic heterocycles. The van der Waals surface area contributed by atoms with Crippen LogP contribution in [0.2, 0.25) is 0 Å². The van der Waals surface area contributed by atoms with Crippen LogP contribution in [0.5, 0.6) is 0 Å². The first kappa shape index (κ1) is 11.0. The zero-order valence-electron chi connectivity index (χ0n) is 9.05. The first-order chi connectivity index (χ1) is 6.24. The highest BCUT2D eigenvalue weighted by Crippen LogP contribution is 2.23. The summed E-state index contributed by atoms with van der Waals surface area (Å²) in [5.74, 6) is 0.830. The summed E-state index contributed by atoms with van der Waals surface area (Å²) in [4.78, 5) is 0. The van der Waals surface area contributed by atoms with Crippen LogP contribution in [-0.4, -0.2) is 18.6 Å². The van der Waals surface area contributed by atoms with E-state index in [1.807, 2.05) is 0 Å². The van der Waals surface area contributed by atoms with E-state index in [4.69, 9.17) is 5.73 Å². The predicted octanol–water partition coefficient (Wildman–Crippen LogP) is 1.89. The lowest BCUT2D eigenvalue weighted by Crippen LogP contribution is -2.43. The first-order valence-electron chi connectivity index (χ1n) is 5.70. The van der Waals surface area contributed by atoms with E-state index >= 15 is 0 Å². The molecular weight excluding hydrogens is 160 g/mol. The molecular formula is C11H24N2. The highest BCUT2D eigenvalue weighted by Gasteiger charge is 2.20. The van der Waals surface area contributed by atoms with E-state index in [0.29, 0.717) is 12.1 Å². The lowest BCUT2D eigenvalue weighted by atomic mass is 9.96. The molecule has 3 unspecified atom stereocenters. The fraction of sp³-hybridized carbons (Fsp3) is 1.00. The van der Waals surface area contributed by atoms with Gasteiger partial charge in [-0.3, -0.25) is 0 Å². The van der Waals surface area contributed by atoms with Gasteiger partial charge in [-0.05, 0) is 25.7 Å². The standard InChI is InChI=1S/C11H24N2/c1-9-6-4-3-5-7-11(9)13-10(2)8-12/h9-11,13H,3-8,12H2,1-2H3. The topological polar surface area (TPSA) is 38.0 Å². The summed E-state index contributed by atoms with van der Waals surface area (Å²) >= 11 is 0. The van der Waals surface area contributed by atoms with Crippen molar-refractivity contribution in [2.75, 3.05) is 6.54 Å². The van der Waals surface area contributed by atoms with Crippen LogP contribution in [0.4, 0.5) is 0 Å². The lowest BCUT2D eigenvalue weighted by Gasteiger charge is -2.26. The van der Waals surface area contributed by atoms with Crippen LogP contribution in [0.1, 0.15) is 46.0 Å². The van der Waals surface area contributed by atoms with Crippen molar-refractivity contribution in [1.29, 1.82) is 0 Å². The Morgan fingerprint density at radius 3 is 2.69 bits per heavy atom. The third-order valence-electron chi connectivity index (χ3n) is 3.21. The molecule has 2 heteroatoms. The van der Waals surface area contributed by atoms with Gasteiger partial charge in [-0.2, -0.15) is 0 Å². The van der Waals surface area contributed by atoms with Gasteiger partial charge in [0.05, 0.1) is 0 Å². The maximum absolute atomic E-state index is 5.61. The Balaban J connectivity index is 2.35. The molecule has 3 atom stereocenters. The van der Waals surface area contributed by atoms with Gasteiger partial charge in [0.1, 0.15) is 0 Å². The zero-order chi connectivity index (χ0) is 9.68. The molecule has 1 rings (SSSR count). The van der Waals surface area contributed by atoms with Gasteiger partial charge in [0.15, 0.2) is 0 Å². The monoisotopic (exact) mass is 184 g/mol. The summed E-state index contributed by atoms with van der Waals surface area (Å²) in [6, 6.07) is 1.19. The summed E-state index contributed by atoms with van der Waals surface area (Å²) in [6.45, 7) is 5.30. The second kappa shape index (κ2) is 5.61. The Morgan fingerprint density at radius 2 is 2.00 bits per heavy atom. The number of rotatable bonds is 3. The lowest BCUT2D eigenvalue weighted by molar-refractivity contribution is 0.330. The van der Waals surface area contributed by atoms with Crippen LogP contribution < -0.4 is 11.1 Å². The average Bonchev–Trinajstić information content (AvgIpc) is 2.32. The minimum atomic E-state index is 0.477. The van der Waals surface area contributed by atoms with Crippen LogP contribution in [0.3, 0.4) is 0 Å². The highest BCUT2D eigenvalue weighted by atomic mass is 15.0. The second-order valence-electron chi connectivity index (χ2n) is 4.53. The fourth-order valence-corrected chi connectivity index (χ4v) is 2.17. The van der Waals surface area contributed by atoms with Crippen molar-refractivity contribution >= 4 is 0 Å². The number of nitrogens with one attached hydrogen (secondary N) is 1. The molecule has 0 spiro atoms. The maximum atomic E-state index is 5.61. The molecule has 13 heavy (non-hydrogen) atoms. The minimum absolute atomic E-state index is 0.477. The molecule has 1 fully saturated rings. The van der Waals surface area contributed by atoms with E-state index in [2.05, 4.69) is 19.2 Å². The number of hydrogen-bond donors (Lipinski definition) is 2. The summed E-state index contributed by atoms with van der Waals surface area (Å²) < 4.78 is 0. The molecule has 0 aromatic carbocycles. The van der Waals surface area contributed by atoms with Gasteiger partial charge in [0.2, 0.25) is 0 Å². The Morgan fingerprint density at radius 1 is 1.31 bits per heavy atom. The Kier molecular flexibility index (Phi) is 4.74. The van der Waals surface area contributed by atoms with Gasteiger partial charge in [-0.25, -0.2) is 0 Å². The van der Waals surface area contributed by atoms with Crippen LogP contribution >= 0.6 is 0 Å². The fourth-order valence-electron chi connectivity index (χ4n) is 2.17. The molecule has 1 saturated carbocycles. The summed E-state index contributed by atoms with van der Waals surface area (Å²) in [5.41, 5.74) is 5.61. The molecule has 78 valence electrons. The maximum Gasteiger partial charge on any atom is 0.0164 e. The molecule has 1 aliphatic carbocycles. The SMILES string of the molecule is CC(CN)NC1CCCCCC1C. The van der Waals surface area contributed by atoms with Crippen molar-refractivity contribution in [3.8, 4) is 0 Å². The van der Waals surface area contributed by atoms with E-state index < -0.39 is 0 Å². The summed E-state index contributed by atoms with van der Waals surface area (Å²) in [7, 11) is 0. The van der Waals surface area contributed by atoms with E-state index in [-0.39, 0.29) is 0 Å². The number of hydrogen-bond acceptors (Lipinski definition) is 2. The van der Waals surface area contributed by atoms with Crippen molar-refractivity contribution in [3.05, 3.63) is 0 Å². The molecule has 0 radical (unpaired) electrons. The van der Waals surface area contributed by atoms with Crippen molar-refractivity contribution < 1.29 is 0 Å². The van der Waals surface area contributed by atoms with E-state index in [1.165, 1.54) is 32.1 Å². The normalized spacial score (nSPS) is 32.5. The van der Waals surface area contributed by atoms with Gasteiger partial charge in [0.25, 0.3) is 0 Å². The quantitative estimate of drug-likeness (QED) is 0.657. The minimum Gasteiger partial charge on any atom is -0.329 e. The zero-order valence-corrected chi connectivity index (χ0v) is 9.05. The Bertz CT molecular complexity index is 136. The summed E-state index contributed by atoms with van der Waals surface area (Å²) in [5, 5.41) is 3.63. The van der Waals surface area contributed by atoms with Crippen LogP contribution in [0.25, 0.3) is 0 Å². The van der Waals surface area contributed by atoms with Gasteiger partial charge in [0, 0.05) is 18.6 Å². The number of nitrogens with two attached hydrogens (primary N) is 1. The van der Waals surface area contributed by atoms with Crippen molar-refractivity contribution in [1.82, 2.24) is 5.32 Å². The molecule has 3 N–H and O–H groups in total. The molecule has 0 aromatic rings. The van der Waals surface area contributed by atoms with E-state index in [0.717, 1.165) is 12.5 Å². The van der Waals surface area contributed by atoms with E-state index in [9.17, 15) is 0 Å². The van der Waals surface area contributed by atoms with Crippen LogP contribution in [0, 0.1) is 5.92 Å². The second-order valence-corrected chi connectivity index (χ2v) is 4.53. The van der Waals surface area contributed by atoms with Crippen molar-refractivity contribution in [2.45, 2.75) is 58.0 Å². The molecule has 0 heterocycles. The molecule has 0 amide bonds. The van der Waals surface area contributed by atoms with Crippen LogP contribution in [0.15, 0.2) is 0 Å². The largest absolute Gasteiger partial charge is 0.329 e. The Hall–Kier alpha value is -0.0800. The third-order valence-corrected chi connectivity index (χ3v) is 3.21. The van der Waals surface area contributed by atoms with Gasteiger partial charge in [-0.1, -0.05) is 26.2 Å². The van der Waals surface area contributed by atoms with Crippen LogP contribution in [-0.2, 0) is 0 Å². The highest BCUT2D eigenvalue weighted by molar-refractivity contribution is 4.79. The average molecular weight is 184 g/mol. The Labute approximate surface area is 82.3 Å². The molecule has 0 aromatic heterocycles. The smallest absolute Gasteiger partial charge is 0.0164 e. The molecule has 0 saturated heterocycles. The van der Waals surface area contributed by atoms with Crippen molar-refractivity contribution in [2.24, 2.45) is 11.7 Å². The van der Waals surface area contributed by atoms with Gasteiger partial charge >= 0.3 is 0 Å². The van der Waals surface area contributed by atoms with Gasteiger partial charge < -0.3 is 11.1 Å². The van der Waals surface area contributed by atoms with Gasteiger partial charge in [-0.15, -0.1) is 0 Å². The predicted molar refractivity (Wildman–Crippen MR) is 57.7 cm³/mol. The molecule has 1 aliphatic rings. The van der Waals surface area contributed by atoms with E-state index in [1.54, 1.807) is 0 Å². The summed E-state index contributed by atoms with van der Waals surface area (Å²) in [6.07, 6.45) is 6.94.